The van der Waals surface area contributed by atoms with Crippen LogP contribution in [0.15, 0.2) is 143 Å². The van der Waals surface area contributed by atoms with Gasteiger partial charge in [0.1, 0.15) is 12.0 Å². The van der Waals surface area contributed by atoms with Crippen molar-refractivity contribution in [2.24, 2.45) is 15.9 Å². The van der Waals surface area contributed by atoms with E-state index in [-0.39, 0.29) is 6.17 Å². The van der Waals surface area contributed by atoms with E-state index in [0.29, 0.717) is 5.92 Å². The Hall–Kier alpha value is -6.20. The SMILES string of the molecule is C1=CCCC(C2=NC(c3ccccc3-n3c4c(c5c3=CC3=CC=CCC3C=5)C=C(n3c5c(c6ccccc63)C=CCC5)CC4)NC(c3ccccc3)=N2)=C1. The summed E-state index contributed by atoms with van der Waals surface area (Å²) in [4.78, 5) is 10.5. The van der Waals surface area contributed by atoms with Gasteiger partial charge in [-0.05, 0) is 80.4 Å². The van der Waals surface area contributed by atoms with Crippen LogP contribution in [-0.2, 0) is 12.8 Å². The minimum absolute atomic E-state index is 0.304. The molecule has 5 aromatic rings. The fraction of sp³-hybridized carbons (Fsp3) is 0.184. The monoisotopic (exact) mass is 699 g/mol. The van der Waals surface area contributed by atoms with Gasteiger partial charge < -0.3 is 14.5 Å². The molecule has 6 aliphatic rings. The fourth-order valence-electron chi connectivity index (χ4n) is 9.39. The van der Waals surface area contributed by atoms with Crippen molar-refractivity contribution in [3.05, 3.63) is 177 Å². The predicted octanol–water partition coefficient (Wildman–Crippen LogP) is 9.14. The van der Waals surface area contributed by atoms with E-state index in [4.69, 9.17) is 9.98 Å². The second-order valence-corrected chi connectivity index (χ2v) is 15.1. The second kappa shape index (κ2) is 12.7. The van der Waals surface area contributed by atoms with Crippen LogP contribution in [0.4, 0.5) is 0 Å². The Morgan fingerprint density at radius 3 is 2.46 bits per heavy atom. The summed E-state index contributed by atoms with van der Waals surface area (Å²) >= 11 is 0. The van der Waals surface area contributed by atoms with E-state index in [1.54, 1.807) is 0 Å². The van der Waals surface area contributed by atoms with E-state index in [0.717, 1.165) is 67.7 Å². The molecule has 0 spiro atoms. The molecule has 0 radical (unpaired) electrons. The van der Waals surface area contributed by atoms with Gasteiger partial charge in [-0.15, -0.1) is 0 Å². The van der Waals surface area contributed by atoms with Crippen molar-refractivity contribution in [3.63, 3.8) is 0 Å². The smallest absolute Gasteiger partial charge is 0.155 e. The van der Waals surface area contributed by atoms with Crippen molar-refractivity contribution in [3.8, 4) is 5.69 Å². The lowest BCUT2D eigenvalue weighted by atomic mass is 9.87. The fourth-order valence-corrected chi connectivity index (χ4v) is 9.39. The topological polar surface area (TPSA) is 46.6 Å². The molecule has 0 fully saturated rings. The van der Waals surface area contributed by atoms with E-state index in [1.807, 2.05) is 0 Å². The van der Waals surface area contributed by atoms with Gasteiger partial charge in [0.25, 0.3) is 0 Å². The molecule has 2 aromatic heterocycles. The van der Waals surface area contributed by atoms with Crippen LogP contribution in [-0.4, -0.2) is 20.8 Å². The standard InChI is InChI=1S/C49H41N5/c1-3-15-32(16-4-1)47-50-48(33-17-5-2-6-18-33)52-49(51-47)39-23-11-14-26-44(39)54-45-28-27-36(31-41(45)40-29-34-19-7-8-20-35(34)30-46(40)54)53-42-24-12-9-21-37(42)38-22-10-13-25-43(38)53/h1-5,7-12,14-17,20-24,26,29-31,34,49H,6,13,18-19,25,27-28H2,(H,50,51,52). The molecule has 2 unspecified atom stereocenters. The molecule has 2 atom stereocenters. The maximum Gasteiger partial charge on any atom is 0.155 e. The van der Waals surface area contributed by atoms with Gasteiger partial charge in [-0.2, -0.15) is 0 Å². The number of amidine groups is 2. The number of aromatic nitrogens is 2. The highest BCUT2D eigenvalue weighted by atomic mass is 15.2. The van der Waals surface area contributed by atoms with Crippen LogP contribution >= 0.6 is 0 Å². The van der Waals surface area contributed by atoms with E-state index in [2.05, 4.69) is 160 Å². The third-order valence-electron chi connectivity index (χ3n) is 11.9. The molecule has 5 nitrogen and oxygen atoms in total. The summed E-state index contributed by atoms with van der Waals surface area (Å²) in [7, 11) is 0. The summed E-state index contributed by atoms with van der Waals surface area (Å²) < 4.78 is 5.16. The maximum absolute atomic E-state index is 5.37. The summed E-state index contributed by atoms with van der Waals surface area (Å²) in [5, 5.41) is 7.75. The highest BCUT2D eigenvalue weighted by Crippen LogP contribution is 2.38. The number of nitrogens with one attached hydrogen (secondary N) is 1. The minimum Gasteiger partial charge on any atom is -0.344 e. The highest BCUT2D eigenvalue weighted by molar-refractivity contribution is 6.13. The third-order valence-corrected chi connectivity index (χ3v) is 11.9. The molecule has 5 aliphatic carbocycles. The van der Waals surface area contributed by atoms with Crippen molar-refractivity contribution in [1.82, 2.24) is 14.5 Å². The van der Waals surface area contributed by atoms with Crippen molar-refractivity contribution in [1.29, 1.82) is 0 Å². The first kappa shape index (κ1) is 31.3. The van der Waals surface area contributed by atoms with Gasteiger partial charge in [0.15, 0.2) is 5.84 Å². The van der Waals surface area contributed by atoms with Crippen molar-refractivity contribution < 1.29 is 0 Å². The van der Waals surface area contributed by atoms with Crippen molar-refractivity contribution in [2.75, 3.05) is 0 Å². The number of hydrogen-bond acceptors (Lipinski definition) is 3. The first-order chi connectivity index (χ1) is 26.8. The second-order valence-electron chi connectivity index (χ2n) is 15.1. The number of fused-ring (bicyclic) bond motifs is 7. The number of hydrogen-bond donors (Lipinski definition) is 1. The Morgan fingerprint density at radius 2 is 1.54 bits per heavy atom. The highest BCUT2D eigenvalue weighted by Gasteiger charge is 2.30. The lowest BCUT2D eigenvalue weighted by Crippen LogP contribution is -2.36. The zero-order valence-electron chi connectivity index (χ0n) is 30.2. The molecule has 0 bridgehead atoms. The average Bonchev–Trinajstić information content (AvgIpc) is 3.75. The molecule has 1 aliphatic heterocycles. The molecular weight excluding hydrogens is 659 g/mol. The number of rotatable bonds is 5. The Kier molecular flexibility index (Phi) is 7.39. The summed E-state index contributed by atoms with van der Waals surface area (Å²) in [6, 6.07) is 28.3. The largest absolute Gasteiger partial charge is 0.344 e. The number of para-hydroxylation sites is 2. The summed E-state index contributed by atoms with van der Waals surface area (Å²) in [5.74, 6) is 2.07. The van der Waals surface area contributed by atoms with Crippen LogP contribution in [0, 0.1) is 5.92 Å². The van der Waals surface area contributed by atoms with Crippen LogP contribution < -0.4 is 15.9 Å². The normalized spacial score (nSPS) is 20.9. The van der Waals surface area contributed by atoms with Crippen LogP contribution in [0.25, 0.3) is 46.6 Å². The quantitative estimate of drug-likeness (QED) is 0.196. The molecule has 0 amide bonds. The Labute approximate surface area is 315 Å². The molecule has 262 valence electrons. The maximum atomic E-state index is 5.37. The van der Waals surface area contributed by atoms with Gasteiger partial charge in [-0.3, -0.25) is 0 Å². The summed E-state index contributed by atoms with van der Waals surface area (Å²) in [5.41, 5.74) is 14.2. The van der Waals surface area contributed by atoms with Gasteiger partial charge in [-0.1, -0.05) is 121 Å². The Bertz CT molecular complexity index is 2770. The van der Waals surface area contributed by atoms with Gasteiger partial charge in [0.05, 0.1) is 16.6 Å². The van der Waals surface area contributed by atoms with Crippen LogP contribution in [0.5, 0.6) is 0 Å². The van der Waals surface area contributed by atoms with Crippen LogP contribution in [0.3, 0.4) is 0 Å². The molecule has 3 heterocycles. The Morgan fingerprint density at radius 1 is 0.704 bits per heavy atom. The Balaban J connectivity index is 1.11. The number of nitrogens with zero attached hydrogens (tertiary/aromatic N) is 4. The van der Waals surface area contributed by atoms with Crippen molar-refractivity contribution >= 4 is 52.6 Å². The molecule has 54 heavy (non-hydrogen) atoms. The molecule has 5 heteroatoms. The lowest BCUT2D eigenvalue weighted by molar-refractivity contribution is 0.664. The predicted molar refractivity (Wildman–Crippen MR) is 224 cm³/mol. The average molecular weight is 700 g/mol. The molecule has 0 saturated heterocycles. The molecule has 1 N–H and O–H groups in total. The summed E-state index contributed by atoms with van der Waals surface area (Å²) in [6.07, 6.45) is 32.3. The number of benzene rings is 3. The molecule has 0 saturated carbocycles. The van der Waals surface area contributed by atoms with E-state index < -0.39 is 0 Å². The van der Waals surface area contributed by atoms with E-state index in [9.17, 15) is 0 Å². The molecule has 11 rings (SSSR count). The van der Waals surface area contributed by atoms with Gasteiger partial charge in [0, 0.05) is 55.9 Å². The number of aliphatic imine (C=N–C) groups is 2. The minimum atomic E-state index is -0.304. The van der Waals surface area contributed by atoms with Crippen LogP contribution in [0.2, 0.25) is 0 Å². The van der Waals surface area contributed by atoms with Gasteiger partial charge in [0.2, 0.25) is 0 Å². The van der Waals surface area contributed by atoms with Crippen molar-refractivity contribution in [2.45, 2.75) is 51.1 Å². The zero-order chi connectivity index (χ0) is 35.6. The third kappa shape index (κ3) is 5.06. The first-order valence-electron chi connectivity index (χ1n) is 19.6. The molecule has 3 aromatic carbocycles. The first-order valence-corrected chi connectivity index (χ1v) is 19.6. The number of allylic oxidation sites excluding steroid dienone is 9. The van der Waals surface area contributed by atoms with Gasteiger partial charge in [-0.25, -0.2) is 9.98 Å². The molecular formula is C49H41N5. The zero-order valence-corrected chi connectivity index (χ0v) is 30.2. The summed E-state index contributed by atoms with van der Waals surface area (Å²) in [6.45, 7) is 0. The van der Waals surface area contributed by atoms with Crippen LogP contribution in [0.1, 0.15) is 71.9 Å². The van der Waals surface area contributed by atoms with Gasteiger partial charge >= 0.3 is 0 Å². The van der Waals surface area contributed by atoms with E-state index >= 15 is 0 Å². The lowest BCUT2D eigenvalue weighted by Gasteiger charge is -2.27. The van der Waals surface area contributed by atoms with E-state index in [1.165, 1.54) is 66.5 Å².